The van der Waals surface area contributed by atoms with Gasteiger partial charge in [-0.05, 0) is 57.1 Å². The average Bonchev–Trinajstić information content (AvgIpc) is 3.26. The molecule has 3 rings (SSSR count). The van der Waals surface area contributed by atoms with Crippen LogP contribution in [-0.4, -0.2) is 73.6 Å². The number of hydrogen-bond acceptors (Lipinski definition) is 4. The normalized spacial score (nSPS) is 16.9. The molecular weight excluding hydrogens is 352 g/mol. The predicted molar refractivity (Wildman–Crippen MR) is 113 cm³/mol. The zero-order valence-corrected chi connectivity index (χ0v) is 17.2. The van der Waals surface area contributed by atoms with E-state index in [-0.39, 0.29) is 5.54 Å². The SMILES string of the molecule is CN=C(NCCc1ccc(-n2cccn2)cc1)NCC1(N(C)C)CCOCC1. The monoisotopic (exact) mass is 384 g/mol. The lowest BCUT2D eigenvalue weighted by Gasteiger charge is -2.43. The van der Waals surface area contributed by atoms with E-state index in [9.17, 15) is 0 Å². The number of rotatable bonds is 7. The molecule has 7 heteroatoms. The number of guanidine groups is 1. The summed E-state index contributed by atoms with van der Waals surface area (Å²) in [5.74, 6) is 0.848. The molecule has 1 fully saturated rings. The quantitative estimate of drug-likeness (QED) is 0.562. The standard InChI is InChI=1S/C21H32N6O/c1-22-20(24-17-21(26(2)3)10-15-28-16-11-21)23-13-9-18-5-7-19(8-6-18)27-14-4-12-25-27/h4-8,12,14H,9-11,13,15-17H2,1-3H3,(H2,22,23,24). The third-order valence-electron chi connectivity index (χ3n) is 5.59. The topological polar surface area (TPSA) is 66.7 Å². The summed E-state index contributed by atoms with van der Waals surface area (Å²) in [5.41, 5.74) is 2.48. The molecule has 152 valence electrons. The predicted octanol–water partition coefficient (Wildman–Crippen LogP) is 1.69. The minimum atomic E-state index is 0.123. The van der Waals surface area contributed by atoms with Crippen molar-refractivity contribution < 1.29 is 4.74 Å². The Hall–Kier alpha value is -2.38. The van der Waals surface area contributed by atoms with Crippen molar-refractivity contribution in [3.05, 3.63) is 48.3 Å². The average molecular weight is 385 g/mol. The number of benzene rings is 1. The smallest absolute Gasteiger partial charge is 0.191 e. The van der Waals surface area contributed by atoms with Gasteiger partial charge in [-0.2, -0.15) is 5.10 Å². The molecule has 7 nitrogen and oxygen atoms in total. The van der Waals surface area contributed by atoms with E-state index in [1.54, 1.807) is 6.20 Å². The number of likely N-dealkylation sites (N-methyl/N-ethyl adjacent to an activating group) is 1. The van der Waals surface area contributed by atoms with Gasteiger partial charge in [-0.25, -0.2) is 4.68 Å². The van der Waals surface area contributed by atoms with Crippen LogP contribution >= 0.6 is 0 Å². The van der Waals surface area contributed by atoms with Crippen LogP contribution in [0, 0.1) is 0 Å². The Balaban J connectivity index is 1.46. The van der Waals surface area contributed by atoms with E-state index in [4.69, 9.17) is 4.74 Å². The third kappa shape index (κ3) is 5.11. The summed E-state index contributed by atoms with van der Waals surface area (Å²) >= 11 is 0. The number of nitrogens with zero attached hydrogens (tertiary/aromatic N) is 4. The molecule has 0 radical (unpaired) electrons. The molecule has 28 heavy (non-hydrogen) atoms. The van der Waals surface area contributed by atoms with Gasteiger partial charge in [0.15, 0.2) is 5.96 Å². The van der Waals surface area contributed by atoms with E-state index in [0.717, 1.165) is 57.2 Å². The van der Waals surface area contributed by atoms with Gasteiger partial charge >= 0.3 is 0 Å². The van der Waals surface area contributed by atoms with E-state index < -0.39 is 0 Å². The molecule has 1 aliphatic heterocycles. The van der Waals surface area contributed by atoms with Crippen LogP contribution in [0.25, 0.3) is 5.69 Å². The van der Waals surface area contributed by atoms with Crippen LogP contribution in [0.5, 0.6) is 0 Å². The minimum Gasteiger partial charge on any atom is -0.381 e. The molecule has 1 aliphatic rings. The Kier molecular flexibility index (Phi) is 7.06. The molecule has 1 saturated heterocycles. The molecule has 1 aromatic heterocycles. The molecule has 0 bridgehead atoms. The highest BCUT2D eigenvalue weighted by molar-refractivity contribution is 5.79. The number of hydrogen-bond donors (Lipinski definition) is 2. The third-order valence-corrected chi connectivity index (χ3v) is 5.59. The second kappa shape index (κ2) is 9.71. The number of ether oxygens (including phenoxy) is 1. The minimum absolute atomic E-state index is 0.123. The van der Waals surface area contributed by atoms with Crippen molar-refractivity contribution in [2.45, 2.75) is 24.8 Å². The molecule has 2 N–H and O–H groups in total. The number of aromatic nitrogens is 2. The van der Waals surface area contributed by atoms with Crippen molar-refractivity contribution in [2.75, 3.05) is 47.4 Å². The zero-order valence-electron chi connectivity index (χ0n) is 17.2. The fraction of sp³-hybridized carbons (Fsp3) is 0.524. The Morgan fingerprint density at radius 1 is 1.21 bits per heavy atom. The highest BCUT2D eigenvalue weighted by Crippen LogP contribution is 2.24. The van der Waals surface area contributed by atoms with Gasteiger partial charge in [0.05, 0.1) is 5.69 Å². The van der Waals surface area contributed by atoms with Gasteiger partial charge in [0.1, 0.15) is 0 Å². The Morgan fingerprint density at radius 2 is 1.96 bits per heavy atom. The lowest BCUT2D eigenvalue weighted by Crippen LogP contribution is -2.57. The van der Waals surface area contributed by atoms with Crippen LogP contribution < -0.4 is 10.6 Å². The molecule has 2 heterocycles. The molecule has 2 aromatic rings. The van der Waals surface area contributed by atoms with E-state index in [1.807, 2.05) is 24.0 Å². The molecule has 0 spiro atoms. The van der Waals surface area contributed by atoms with Crippen molar-refractivity contribution in [3.63, 3.8) is 0 Å². The summed E-state index contributed by atoms with van der Waals surface area (Å²) in [4.78, 5) is 6.69. The summed E-state index contributed by atoms with van der Waals surface area (Å²) in [7, 11) is 6.12. The van der Waals surface area contributed by atoms with Crippen molar-refractivity contribution in [2.24, 2.45) is 4.99 Å². The van der Waals surface area contributed by atoms with E-state index in [0.29, 0.717) is 0 Å². The van der Waals surface area contributed by atoms with Crippen molar-refractivity contribution >= 4 is 5.96 Å². The lowest BCUT2D eigenvalue weighted by molar-refractivity contribution is -0.00500. The Labute approximate surface area is 167 Å². The van der Waals surface area contributed by atoms with Crippen LogP contribution in [0.4, 0.5) is 0 Å². The van der Waals surface area contributed by atoms with Gasteiger partial charge in [0, 0.05) is 51.3 Å². The van der Waals surface area contributed by atoms with Crippen molar-refractivity contribution in [3.8, 4) is 5.69 Å². The Bertz CT molecular complexity index is 733. The maximum absolute atomic E-state index is 5.55. The van der Waals surface area contributed by atoms with Crippen molar-refractivity contribution in [1.29, 1.82) is 0 Å². The molecule has 1 aromatic carbocycles. The molecule has 0 aliphatic carbocycles. The summed E-state index contributed by atoms with van der Waals surface area (Å²) in [6.45, 7) is 3.33. The van der Waals surface area contributed by atoms with E-state index in [2.05, 4.69) is 64.0 Å². The summed E-state index contributed by atoms with van der Waals surface area (Å²) < 4.78 is 7.41. The molecule has 0 unspecified atom stereocenters. The zero-order chi connectivity index (χ0) is 19.8. The molecule has 0 saturated carbocycles. The molecule has 0 atom stereocenters. The first-order chi connectivity index (χ1) is 13.6. The van der Waals surface area contributed by atoms with Gasteiger partial charge in [-0.1, -0.05) is 12.1 Å². The van der Waals surface area contributed by atoms with Crippen LogP contribution in [-0.2, 0) is 11.2 Å². The Morgan fingerprint density at radius 3 is 2.57 bits per heavy atom. The van der Waals surface area contributed by atoms with Crippen LogP contribution in [0.15, 0.2) is 47.7 Å². The summed E-state index contributed by atoms with van der Waals surface area (Å²) in [6.07, 6.45) is 6.74. The maximum Gasteiger partial charge on any atom is 0.191 e. The van der Waals surface area contributed by atoms with Gasteiger partial charge in [0.25, 0.3) is 0 Å². The lowest BCUT2D eigenvalue weighted by atomic mass is 9.88. The molecule has 0 amide bonds. The highest BCUT2D eigenvalue weighted by atomic mass is 16.5. The van der Waals surface area contributed by atoms with Crippen LogP contribution in [0.3, 0.4) is 0 Å². The van der Waals surface area contributed by atoms with Crippen LogP contribution in [0.1, 0.15) is 18.4 Å². The van der Waals surface area contributed by atoms with Gasteiger partial charge in [0.2, 0.25) is 0 Å². The van der Waals surface area contributed by atoms with Gasteiger partial charge in [-0.3, -0.25) is 4.99 Å². The largest absolute Gasteiger partial charge is 0.381 e. The summed E-state index contributed by atoms with van der Waals surface area (Å²) in [5, 5.41) is 11.2. The fourth-order valence-electron chi connectivity index (χ4n) is 3.56. The first kappa shape index (κ1) is 20.4. The number of aliphatic imine (C=N–C) groups is 1. The second-order valence-electron chi connectivity index (χ2n) is 7.45. The van der Waals surface area contributed by atoms with Crippen molar-refractivity contribution in [1.82, 2.24) is 25.3 Å². The molecular formula is C21H32N6O. The maximum atomic E-state index is 5.55. The van der Waals surface area contributed by atoms with E-state index >= 15 is 0 Å². The first-order valence-corrected chi connectivity index (χ1v) is 9.92. The first-order valence-electron chi connectivity index (χ1n) is 9.92. The second-order valence-corrected chi connectivity index (χ2v) is 7.45. The van der Waals surface area contributed by atoms with Crippen LogP contribution in [0.2, 0.25) is 0 Å². The highest BCUT2D eigenvalue weighted by Gasteiger charge is 2.34. The number of nitrogens with one attached hydrogen (secondary N) is 2. The van der Waals surface area contributed by atoms with E-state index in [1.165, 1.54) is 5.56 Å². The van der Waals surface area contributed by atoms with Gasteiger partial charge < -0.3 is 20.3 Å². The van der Waals surface area contributed by atoms with Gasteiger partial charge in [-0.15, -0.1) is 0 Å². The summed E-state index contributed by atoms with van der Waals surface area (Å²) in [6, 6.07) is 10.4. The fourth-order valence-corrected chi connectivity index (χ4v) is 3.56.